The van der Waals surface area contributed by atoms with E-state index in [-0.39, 0.29) is 22.5 Å². The predicted octanol–water partition coefficient (Wildman–Crippen LogP) is 1.93. The fourth-order valence-electron chi connectivity index (χ4n) is 3.01. The Morgan fingerprint density at radius 2 is 1.56 bits per heavy atom. The van der Waals surface area contributed by atoms with E-state index in [0.717, 1.165) is 32.1 Å². The Bertz CT molecular complexity index is 679. The van der Waals surface area contributed by atoms with E-state index in [1.165, 1.54) is 33.5 Å². The number of carbonyl (C=O) groups is 2. The molecule has 1 aromatic rings. The number of ether oxygens (including phenoxy) is 3. The molecular weight excluding hydrogens is 370 g/mol. The van der Waals surface area contributed by atoms with Gasteiger partial charge in [-0.15, -0.1) is 0 Å². The first-order valence-electron chi connectivity index (χ1n) is 8.71. The molecule has 3 N–H and O–H groups in total. The Kier molecular flexibility index (Phi) is 7.66. The number of amides is 2. The van der Waals surface area contributed by atoms with Crippen LogP contribution < -0.4 is 30.4 Å². The van der Waals surface area contributed by atoms with Gasteiger partial charge in [0, 0.05) is 11.5 Å². The number of hydrogen-bond donors (Lipinski definition) is 3. The molecule has 1 aliphatic carbocycles. The quantitative estimate of drug-likeness (QED) is 0.518. The number of benzene rings is 1. The number of rotatable bonds is 5. The molecule has 0 aromatic heterocycles. The molecule has 2 rings (SSSR count). The van der Waals surface area contributed by atoms with Gasteiger partial charge in [-0.05, 0) is 37.2 Å². The van der Waals surface area contributed by atoms with Crippen molar-refractivity contribution in [3.63, 3.8) is 0 Å². The van der Waals surface area contributed by atoms with E-state index in [4.69, 9.17) is 26.4 Å². The first-order chi connectivity index (χ1) is 13.0. The van der Waals surface area contributed by atoms with E-state index in [2.05, 4.69) is 16.2 Å². The molecule has 27 heavy (non-hydrogen) atoms. The van der Waals surface area contributed by atoms with Crippen LogP contribution in [-0.4, -0.2) is 38.3 Å². The zero-order valence-electron chi connectivity index (χ0n) is 15.7. The summed E-state index contributed by atoms with van der Waals surface area (Å²) >= 11 is 5.08. The van der Waals surface area contributed by atoms with Gasteiger partial charge in [-0.2, -0.15) is 0 Å². The van der Waals surface area contributed by atoms with Gasteiger partial charge in [0.1, 0.15) is 0 Å². The van der Waals surface area contributed by atoms with Crippen LogP contribution in [0.2, 0.25) is 0 Å². The van der Waals surface area contributed by atoms with Crippen LogP contribution in [0.3, 0.4) is 0 Å². The Balaban J connectivity index is 1.94. The second kappa shape index (κ2) is 9.96. The van der Waals surface area contributed by atoms with Gasteiger partial charge < -0.3 is 19.5 Å². The van der Waals surface area contributed by atoms with Crippen LogP contribution in [0.1, 0.15) is 42.5 Å². The topological polar surface area (TPSA) is 97.9 Å². The number of nitrogens with one attached hydrogen (secondary N) is 3. The fourth-order valence-corrected chi connectivity index (χ4v) is 3.16. The van der Waals surface area contributed by atoms with Gasteiger partial charge in [-0.1, -0.05) is 19.3 Å². The molecule has 0 aliphatic heterocycles. The summed E-state index contributed by atoms with van der Waals surface area (Å²) in [4.78, 5) is 24.5. The van der Waals surface area contributed by atoms with Crippen LogP contribution in [0.5, 0.6) is 17.2 Å². The van der Waals surface area contributed by atoms with Crippen molar-refractivity contribution < 1.29 is 23.8 Å². The molecule has 2 amide bonds. The van der Waals surface area contributed by atoms with Crippen molar-refractivity contribution in [2.75, 3.05) is 21.3 Å². The summed E-state index contributed by atoms with van der Waals surface area (Å²) in [6, 6.07) is 3.03. The van der Waals surface area contributed by atoms with E-state index < -0.39 is 5.91 Å². The zero-order chi connectivity index (χ0) is 19.8. The fraction of sp³-hybridized carbons (Fsp3) is 0.500. The maximum absolute atomic E-state index is 12.4. The highest BCUT2D eigenvalue weighted by molar-refractivity contribution is 7.80. The summed E-state index contributed by atoms with van der Waals surface area (Å²) in [7, 11) is 4.41. The first-order valence-corrected chi connectivity index (χ1v) is 9.12. The van der Waals surface area contributed by atoms with Crippen molar-refractivity contribution in [3.05, 3.63) is 17.7 Å². The van der Waals surface area contributed by atoms with Crippen LogP contribution in [0.4, 0.5) is 0 Å². The van der Waals surface area contributed by atoms with Crippen molar-refractivity contribution in [2.24, 2.45) is 5.92 Å². The van der Waals surface area contributed by atoms with E-state index >= 15 is 0 Å². The third-order valence-corrected chi connectivity index (χ3v) is 4.63. The van der Waals surface area contributed by atoms with Crippen LogP contribution in [0.25, 0.3) is 0 Å². The molecule has 0 heterocycles. The third-order valence-electron chi connectivity index (χ3n) is 4.43. The van der Waals surface area contributed by atoms with Gasteiger partial charge in [0.15, 0.2) is 16.6 Å². The van der Waals surface area contributed by atoms with Gasteiger partial charge in [0.25, 0.3) is 5.91 Å². The Hall–Kier alpha value is -2.55. The molecule has 1 aromatic carbocycles. The minimum atomic E-state index is -0.469. The number of hydrogen-bond acceptors (Lipinski definition) is 6. The molecule has 0 saturated heterocycles. The van der Waals surface area contributed by atoms with Crippen molar-refractivity contribution in [3.8, 4) is 17.2 Å². The summed E-state index contributed by atoms with van der Waals surface area (Å²) < 4.78 is 15.7. The molecule has 0 atom stereocenters. The minimum Gasteiger partial charge on any atom is -0.493 e. The first kappa shape index (κ1) is 20.8. The van der Waals surface area contributed by atoms with Gasteiger partial charge in [0.2, 0.25) is 11.7 Å². The average molecular weight is 395 g/mol. The molecule has 1 fully saturated rings. The smallest absolute Gasteiger partial charge is 0.269 e. The normalized spacial score (nSPS) is 14.0. The number of carbonyl (C=O) groups excluding carboxylic acids is 2. The standard InChI is InChI=1S/C18H25N3O5S/c1-24-13-9-12(10-14(25-2)15(13)26-3)17(23)20-21-18(27)19-16(22)11-7-5-4-6-8-11/h9-11H,4-8H2,1-3H3,(H,20,23)(H2,19,21,22,27). The number of hydrazine groups is 1. The number of methoxy groups -OCH3 is 3. The van der Waals surface area contributed by atoms with Gasteiger partial charge in [0.05, 0.1) is 21.3 Å². The molecule has 1 aliphatic rings. The Labute approximate surface area is 163 Å². The maximum atomic E-state index is 12.4. The third kappa shape index (κ3) is 5.46. The number of thiocarbonyl (C=S) groups is 1. The largest absolute Gasteiger partial charge is 0.493 e. The van der Waals surface area contributed by atoms with E-state index in [9.17, 15) is 9.59 Å². The predicted molar refractivity (Wildman–Crippen MR) is 104 cm³/mol. The Morgan fingerprint density at radius 3 is 2.07 bits per heavy atom. The minimum absolute atomic E-state index is 0.0238. The zero-order valence-corrected chi connectivity index (χ0v) is 16.5. The monoisotopic (exact) mass is 395 g/mol. The van der Waals surface area contributed by atoms with Crippen molar-refractivity contribution in [1.29, 1.82) is 0 Å². The highest BCUT2D eigenvalue weighted by Crippen LogP contribution is 2.38. The molecule has 148 valence electrons. The maximum Gasteiger partial charge on any atom is 0.269 e. The summed E-state index contributed by atoms with van der Waals surface area (Å²) in [6.07, 6.45) is 5.00. The molecule has 8 nitrogen and oxygen atoms in total. The lowest BCUT2D eigenvalue weighted by Gasteiger charge is -2.21. The molecule has 1 saturated carbocycles. The SMILES string of the molecule is COc1cc(C(=O)NNC(=S)NC(=O)C2CCCCC2)cc(OC)c1OC. The van der Waals surface area contributed by atoms with Gasteiger partial charge in [-0.25, -0.2) is 0 Å². The van der Waals surface area contributed by atoms with Crippen molar-refractivity contribution in [2.45, 2.75) is 32.1 Å². The average Bonchev–Trinajstić information content (AvgIpc) is 2.71. The van der Waals surface area contributed by atoms with Crippen LogP contribution in [0, 0.1) is 5.92 Å². The summed E-state index contributed by atoms with van der Waals surface area (Å²) in [5, 5.41) is 2.66. The lowest BCUT2D eigenvalue weighted by atomic mass is 9.89. The molecule has 0 unspecified atom stereocenters. The van der Waals surface area contributed by atoms with E-state index in [0.29, 0.717) is 17.2 Å². The van der Waals surface area contributed by atoms with Gasteiger partial charge >= 0.3 is 0 Å². The van der Waals surface area contributed by atoms with E-state index in [1.54, 1.807) is 0 Å². The van der Waals surface area contributed by atoms with Crippen LogP contribution >= 0.6 is 12.2 Å². The van der Waals surface area contributed by atoms with Gasteiger partial charge in [-0.3, -0.25) is 20.4 Å². The lowest BCUT2D eigenvalue weighted by molar-refractivity contribution is -0.124. The molecule has 0 bridgehead atoms. The summed E-state index contributed by atoms with van der Waals surface area (Å²) in [5.41, 5.74) is 5.27. The van der Waals surface area contributed by atoms with Crippen LogP contribution in [-0.2, 0) is 4.79 Å². The van der Waals surface area contributed by atoms with Crippen LogP contribution in [0.15, 0.2) is 12.1 Å². The Morgan fingerprint density at radius 1 is 0.963 bits per heavy atom. The molecular formula is C18H25N3O5S. The second-order valence-corrected chi connectivity index (χ2v) is 6.55. The summed E-state index contributed by atoms with van der Waals surface area (Å²) in [6.45, 7) is 0. The molecule has 0 radical (unpaired) electrons. The summed E-state index contributed by atoms with van der Waals surface area (Å²) in [5.74, 6) is 0.493. The van der Waals surface area contributed by atoms with Crippen molar-refractivity contribution in [1.82, 2.24) is 16.2 Å². The highest BCUT2D eigenvalue weighted by Gasteiger charge is 2.22. The highest BCUT2D eigenvalue weighted by atomic mass is 32.1. The lowest BCUT2D eigenvalue weighted by Crippen LogP contribution is -2.49. The molecule has 0 spiro atoms. The molecule has 9 heteroatoms. The van der Waals surface area contributed by atoms with Crippen molar-refractivity contribution >= 4 is 29.1 Å². The van der Waals surface area contributed by atoms with E-state index in [1.807, 2.05) is 0 Å². The second-order valence-electron chi connectivity index (χ2n) is 6.15.